The number of benzene rings is 1. The fraction of sp³-hybridized carbons (Fsp3) is 0.250. The van der Waals surface area contributed by atoms with Crippen LogP contribution in [-0.4, -0.2) is 20.9 Å². The Morgan fingerprint density at radius 3 is 2.48 bits per heavy atom. The predicted molar refractivity (Wildman–Crippen MR) is 100 cm³/mol. The minimum absolute atomic E-state index is 0.0614. The summed E-state index contributed by atoms with van der Waals surface area (Å²) in [4.78, 5) is 27.5. The zero-order valence-electron chi connectivity index (χ0n) is 15.6. The Kier molecular flexibility index (Phi) is 3.69. The summed E-state index contributed by atoms with van der Waals surface area (Å²) < 4.78 is 0.737. The van der Waals surface area contributed by atoms with Crippen molar-refractivity contribution >= 4 is 17.4 Å². The third kappa shape index (κ3) is 2.63. The summed E-state index contributed by atoms with van der Waals surface area (Å²) >= 11 is 0. The summed E-state index contributed by atoms with van der Waals surface area (Å²) in [6, 6.07) is 5.74. The van der Waals surface area contributed by atoms with Gasteiger partial charge in [0.25, 0.3) is 5.82 Å². The highest BCUT2D eigenvalue weighted by Crippen LogP contribution is 2.46. The Hall–Kier alpha value is -3.35. The van der Waals surface area contributed by atoms with Crippen LogP contribution in [0.1, 0.15) is 30.9 Å². The molecule has 3 aromatic rings. The van der Waals surface area contributed by atoms with E-state index in [2.05, 4.69) is 15.0 Å². The highest BCUT2D eigenvalue weighted by atomic mass is 16.5. The molecule has 2 aromatic heterocycles. The van der Waals surface area contributed by atoms with Gasteiger partial charge >= 0.3 is 0 Å². The van der Waals surface area contributed by atoms with Crippen LogP contribution < -0.4 is 9.63 Å². The third-order valence-electron chi connectivity index (χ3n) is 4.95. The van der Waals surface area contributed by atoms with Gasteiger partial charge in [-0.2, -0.15) is 0 Å². The summed E-state index contributed by atoms with van der Waals surface area (Å²) in [6.07, 6.45) is 6.39. The smallest absolute Gasteiger partial charge is 0.298 e. The van der Waals surface area contributed by atoms with Crippen LogP contribution in [0.15, 0.2) is 43.0 Å². The van der Waals surface area contributed by atoms with Crippen molar-refractivity contribution in [2.24, 2.45) is 0 Å². The summed E-state index contributed by atoms with van der Waals surface area (Å²) in [5, 5.41) is 11.9. The Balaban J connectivity index is 1.88. The van der Waals surface area contributed by atoms with E-state index in [1.807, 2.05) is 39.0 Å². The molecule has 7 nitrogen and oxygen atoms in total. The quantitative estimate of drug-likeness (QED) is 0.517. The number of amides is 1. The lowest BCUT2D eigenvalue weighted by Gasteiger charge is -2.19. The van der Waals surface area contributed by atoms with Gasteiger partial charge in [-0.15, -0.1) is 0 Å². The lowest BCUT2D eigenvalue weighted by molar-refractivity contribution is -0.615. The van der Waals surface area contributed by atoms with E-state index in [0.29, 0.717) is 17.2 Å². The molecule has 0 fully saturated rings. The Labute approximate surface area is 156 Å². The van der Waals surface area contributed by atoms with E-state index in [4.69, 9.17) is 0 Å². The van der Waals surface area contributed by atoms with E-state index < -0.39 is 5.41 Å². The van der Waals surface area contributed by atoms with Gasteiger partial charge in [-0.1, -0.05) is 17.1 Å². The molecule has 0 saturated heterocycles. The van der Waals surface area contributed by atoms with Gasteiger partial charge in [0.15, 0.2) is 12.0 Å². The van der Waals surface area contributed by atoms with Gasteiger partial charge in [-0.25, -0.2) is 9.71 Å². The van der Waals surface area contributed by atoms with Crippen LogP contribution >= 0.6 is 0 Å². The number of carbonyl (C=O) groups is 1. The number of hydrogen-bond donors (Lipinski definition) is 0. The standard InChI is InChI=1S/C20H19N5O2/c1-12-8-23-18(10-21-12)25-17-7-14(15-9-22-13(2)24(27)11-15)5-6-16(17)20(3,4)19(25)26/h5-11H,1-4H3. The molecule has 1 aromatic carbocycles. The van der Waals surface area contributed by atoms with Gasteiger partial charge in [0.05, 0.1) is 34.8 Å². The summed E-state index contributed by atoms with van der Waals surface area (Å²) in [6.45, 7) is 7.29. The zero-order valence-corrected chi connectivity index (χ0v) is 15.6. The average molecular weight is 361 g/mol. The lowest BCUT2D eigenvalue weighted by atomic mass is 9.85. The molecule has 1 aliphatic rings. The molecule has 0 spiro atoms. The number of aromatic nitrogens is 4. The maximum absolute atomic E-state index is 13.1. The highest BCUT2D eigenvalue weighted by molar-refractivity contribution is 6.12. The van der Waals surface area contributed by atoms with E-state index >= 15 is 0 Å². The van der Waals surface area contributed by atoms with E-state index in [0.717, 1.165) is 27.2 Å². The van der Waals surface area contributed by atoms with Crippen LogP contribution in [-0.2, 0) is 10.2 Å². The molecule has 0 bridgehead atoms. The molecular formula is C20H19N5O2. The first kappa shape index (κ1) is 17.1. The maximum Gasteiger partial charge on any atom is 0.298 e. The Morgan fingerprint density at radius 2 is 1.81 bits per heavy atom. The molecule has 7 heteroatoms. The Morgan fingerprint density at radius 1 is 1.04 bits per heavy atom. The molecule has 0 unspecified atom stereocenters. The fourth-order valence-corrected chi connectivity index (χ4v) is 3.28. The van der Waals surface area contributed by atoms with Gasteiger partial charge < -0.3 is 5.21 Å². The Bertz CT molecular complexity index is 1060. The van der Waals surface area contributed by atoms with Crippen molar-refractivity contribution in [3.63, 3.8) is 0 Å². The molecule has 1 aliphatic heterocycles. The molecule has 0 N–H and O–H groups in total. The first-order valence-corrected chi connectivity index (χ1v) is 8.63. The van der Waals surface area contributed by atoms with Gasteiger partial charge in [-0.05, 0) is 38.0 Å². The normalized spacial score (nSPS) is 15.1. The number of rotatable bonds is 2. The minimum atomic E-state index is -0.676. The lowest BCUT2D eigenvalue weighted by Crippen LogP contribution is -2.33. The van der Waals surface area contributed by atoms with Crippen molar-refractivity contribution in [3.05, 3.63) is 65.3 Å². The number of aryl methyl sites for hydroxylation is 2. The van der Waals surface area contributed by atoms with Crippen LogP contribution in [0.3, 0.4) is 0 Å². The largest absolute Gasteiger partial charge is 0.711 e. The SMILES string of the molecule is Cc1cnc(N2C(=O)C(C)(C)c3ccc(-c4cnc(C)[n+]([O-])c4)cc32)cn1. The van der Waals surface area contributed by atoms with Crippen LogP contribution in [0.4, 0.5) is 11.5 Å². The van der Waals surface area contributed by atoms with Gasteiger partial charge in [-0.3, -0.25) is 14.7 Å². The van der Waals surface area contributed by atoms with E-state index in [1.54, 1.807) is 30.4 Å². The van der Waals surface area contributed by atoms with Crippen molar-refractivity contribution in [2.45, 2.75) is 33.1 Å². The van der Waals surface area contributed by atoms with E-state index in [9.17, 15) is 10.0 Å². The van der Waals surface area contributed by atoms with E-state index in [1.165, 1.54) is 6.20 Å². The highest BCUT2D eigenvalue weighted by Gasteiger charge is 2.45. The van der Waals surface area contributed by atoms with Gasteiger partial charge in [0.1, 0.15) is 6.20 Å². The molecule has 0 radical (unpaired) electrons. The number of fused-ring (bicyclic) bond motifs is 1. The van der Waals surface area contributed by atoms with Crippen LogP contribution in [0.2, 0.25) is 0 Å². The van der Waals surface area contributed by atoms with E-state index in [-0.39, 0.29) is 5.91 Å². The van der Waals surface area contributed by atoms with Crippen molar-refractivity contribution in [3.8, 4) is 11.1 Å². The molecule has 3 heterocycles. The molecule has 1 amide bonds. The van der Waals surface area contributed by atoms with Crippen molar-refractivity contribution < 1.29 is 9.52 Å². The molecular weight excluding hydrogens is 342 g/mol. The summed E-state index contributed by atoms with van der Waals surface area (Å²) in [7, 11) is 0. The number of hydrogen-bond acceptors (Lipinski definition) is 5. The topological polar surface area (TPSA) is 85.9 Å². The molecule has 0 saturated carbocycles. The zero-order chi connectivity index (χ0) is 19.3. The second-order valence-corrected chi connectivity index (χ2v) is 7.23. The summed E-state index contributed by atoms with van der Waals surface area (Å²) in [5.41, 5.74) is 3.26. The van der Waals surface area contributed by atoms with Crippen molar-refractivity contribution in [1.82, 2.24) is 15.0 Å². The average Bonchev–Trinajstić information content (AvgIpc) is 2.84. The molecule has 4 rings (SSSR count). The second kappa shape index (κ2) is 5.84. The summed E-state index contributed by atoms with van der Waals surface area (Å²) in [5.74, 6) is 0.803. The van der Waals surface area contributed by atoms with Crippen molar-refractivity contribution in [1.29, 1.82) is 0 Å². The molecule has 27 heavy (non-hydrogen) atoms. The monoisotopic (exact) mass is 361 g/mol. The first-order chi connectivity index (χ1) is 12.8. The minimum Gasteiger partial charge on any atom is -0.711 e. The maximum atomic E-state index is 13.1. The van der Waals surface area contributed by atoms with Crippen molar-refractivity contribution in [2.75, 3.05) is 4.90 Å². The molecule has 0 atom stereocenters. The van der Waals surface area contributed by atoms with Gasteiger partial charge in [0, 0.05) is 6.92 Å². The number of carbonyl (C=O) groups excluding carboxylic acids is 1. The van der Waals surface area contributed by atoms with Crippen LogP contribution in [0.25, 0.3) is 11.1 Å². The molecule has 0 aliphatic carbocycles. The second-order valence-electron chi connectivity index (χ2n) is 7.23. The first-order valence-electron chi connectivity index (χ1n) is 8.63. The van der Waals surface area contributed by atoms with Crippen LogP contribution in [0, 0.1) is 19.1 Å². The fourth-order valence-electron chi connectivity index (χ4n) is 3.28. The predicted octanol–water partition coefficient (Wildman–Crippen LogP) is 2.74. The van der Waals surface area contributed by atoms with Crippen LogP contribution in [0.5, 0.6) is 0 Å². The molecule has 136 valence electrons. The number of anilines is 2. The van der Waals surface area contributed by atoms with Gasteiger partial charge in [0.2, 0.25) is 5.91 Å². The number of nitrogens with zero attached hydrogens (tertiary/aromatic N) is 5. The third-order valence-corrected chi connectivity index (χ3v) is 4.95.